The van der Waals surface area contributed by atoms with Crippen LogP contribution in [0.3, 0.4) is 0 Å². The Morgan fingerprint density at radius 3 is 2.67 bits per heavy atom. The molecule has 0 amide bonds. The third kappa shape index (κ3) is 6.32. The SMILES string of the molecule is CC(Cl)CC(=O)CCBr. The van der Waals surface area contributed by atoms with Gasteiger partial charge in [0.1, 0.15) is 5.78 Å². The molecule has 0 aliphatic carbocycles. The molecule has 0 rings (SSSR count). The first-order chi connectivity index (χ1) is 4.16. The molecule has 0 heterocycles. The van der Waals surface area contributed by atoms with Gasteiger partial charge in [0.2, 0.25) is 0 Å². The fraction of sp³-hybridized carbons (Fsp3) is 0.833. The average Bonchev–Trinajstić information content (AvgIpc) is 1.63. The second kappa shape index (κ2) is 5.24. The van der Waals surface area contributed by atoms with Crippen LogP contribution in [0.2, 0.25) is 0 Å². The Morgan fingerprint density at radius 2 is 2.33 bits per heavy atom. The summed E-state index contributed by atoms with van der Waals surface area (Å²) in [5.74, 6) is 0.231. The summed E-state index contributed by atoms with van der Waals surface area (Å²) in [5.41, 5.74) is 0. The number of halogens is 2. The van der Waals surface area contributed by atoms with Gasteiger partial charge in [0.25, 0.3) is 0 Å². The highest BCUT2D eigenvalue weighted by Crippen LogP contribution is 2.03. The maximum atomic E-state index is 10.7. The smallest absolute Gasteiger partial charge is 0.135 e. The van der Waals surface area contributed by atoms with Gasteiger partial charge in [-0.05, 0) is 6.92 Å². The fourth-order valence-electron chi connectivity index (χ4n) is 0.521. The number of hydrogen-bond donors (Lipinski definition) is 0. The minimum atomic E-state index is -0.0171. The topological polar surface area (TPSA) is 17.1 Å². The average molecular weight is 214 g/mol. The maximum absolute atomic E-state index is 10.7. The van der Waals surface area contributed by atoms with Crippen molar-refractivity contribution in [3.05, 3.63) is 0 Å². The van der Waals surface area contributed by atoms with Gasteiger partial charge in [-0.25, -0.2) is 0 Å². The number of carbonyl (C=O) groups excluding carboxylic acids is 1. The van der Waals surface area contributed by atoms with E-state index in [-0.39, 0.29) is 11.2 Å². The molecule has 0 aromatic carbocycles. The second-order valence-electron chi connectivity index (χ2n) is 1.96. The first-order valence-electron chi connectivity index (χ1n) is 2.88. The molecule has 9 heavy (non-hydrogen) atoms. The van der Waals surface area contributed by atoms with Crippen LogP contribution in [-0.4, -0.2) is 16.5 Å². The summed E-state index contributed by atoms with van der Waals surface area (Å²) in [7, 11) is 0. The van der Waals surface area contributed by atoms with Crippen molar-refractivity contribution in [1.29, 1.82) is 0 Å². The van der Waals surface area contributed by atoms with Gasteiger partial charge in [0.15, 0.2) is 0 Å². The summed E-state index contributed by atoms with van der Waals surface area (Å²) in [6.45, 7) is 1.83. The molecule has 1 atom stereocenters. The Hall–Kier alpha value is 0.440. The summed E-state index contributed by atoms with van der Waals surface area (Å²) in [4.78, 5) is 10.7. The van der Waals surface area contributed by atoms with E-state index in [9.17, 15) is 4.79 Å². The molecule has 0 radical (unpaired) electrons. The maximum Gasteiger partial charge on any atom is 0.135 e. The summed E-state index contributed by atoms with van der Waals surface area (Å²) >= 11 is 8.75. The van der Waals surface area contributed by atoms with E-state index in [4.69, 9.17) is 11.6 Å². The zero-order valence-corrected chi connectivity index (χ0v) is 7.70. The van der Waals surface area contributed by atoms with E-state index in [1.54, 1.807) is 0 Å². The Labute approximate surface area is 68.9 Å². The molecule has 0 N–H and O–H groups in total. The van der Waals surface area contributed by atoms with E-state index in [1.165, 1.54) is 0 Å². The van der Waals surface area contributed by atoms with Crippen molar-refractivity contribution >= 4 is 33.3 Å². The molecule has 1 unspecified atom stereocenters. The largest absolute Gasteiger partial charge is 0.300 e. The lowest BCUT2D eigenvalue weighted by Gasteiger charge is -1.98. The number of Topliss-reactive ketones (excluding diaryl/α,β-unsaturated/α-hetero) is 1. The van der Waals surface area contributed by atoms with Crippen molar-refractivity contribution < 1.29 is 4.79 Å². The highest BCUT2D eigenvalue weighted by atomic mass is 79.9. The monoisotopic (exact) mass is 212 g/mol. The van der Waals surface area contributed by atoms with Crippen LogP contribution in [0.1, 0.15) is 19.8 Å². The lowest BCUT2D eigenvalue weighted by molar-refractivity contribution is -0.118. The van der Waals surface area contributed by atoms with Crippen molar-refractivity contribution in [3.8, 4) is 0 Å². The Kier molecular flexibility index (Phi) is 5.50. The highest BCUT2D eigenvalue weighted by molar-refractivity contribution is 9.09. The zero-order valence-electron chi connectivity index (χ0n) is 5.36. The third-order valence-corrected chi connectivity index (χ3v) is 1.43. The molecule has 0 saturated carbocycles. The molecule has 0 spiro atoms. The molecule has 0 aromatic heterocycles. The van der Waals surface area contributed by atoms with Gasteiger partial charge in [-0.1, -0.05) is 15.9 Å². The van der Waals surface area contributed by atoms with Crippen molar-refractivity contribution in [3.63, 3.8) is 0 Å². The predicted molar refractivity (Wildman–Crippen MR) is 43.4 cm³/mol. The molecule has 0 fully saturated rings. The number of ketones is 1. The molecule has 1 nitrogen and oxygen atoms in total. The molecule has 0 aliphatic heterocycles. The molecule has 3 heteroatoms. The van der Waals surface area contributed by atoms with Crippen LogP contribution in [0, 0.1) is 0 Å². The summed E-state index contributed by atoms with van der Waals surface area (Å²) in [5, 5.41) is 0.728. The number of carbonyl (C=O) groups is 1. The van der Waals surface area contributed by atoms with Crippen LogP contribution in [-0.2, 0) is 4.79 Å². The first-order valence-corrected chi connectivity index (χ1v) is 4.44. The predicted octanol–water partition coefficient (Wildman–Crippen LogP) is 2.36. The van der Waals surface area contributed by atoms with Crippen LogP contribution in [0.4, 0.5) is 0 Å². The van der Waals surface area contributed by atoms with Crippen molar-refractivity contribution in [2.45, 2.75) is 25.1 Å². The second-order valence-corrected chi connectivity index (χ2v) is 3.50. The van der Waals surface area contributed by atoms with Crippen LogP contribution < -0.4 is 0 Å². The van der Waals surface area contributed by atoms with Crippen molar-refractivity contribution in [1.82, 2.24) is 0 Å². The fourth-order valence-corrected chi connectivity index (χ4v) is 1.14. The molecule has 0 aliphatic rings. The zero-order chi connectivity index (χ0) is 7.28. The van der Waals surface area contributed by atoms with Crippen molar-refractivity contribution in [2.24, 2.45) is 0 Å². The molecule has 54 valence electrons. The summed E-state index contributed by atoms with van der Waals surface area (Å²) in [6.07, 6.45) is 1.09. The van der Waals surface area contributed by atoms with Gasteiger partial charge < -0.3 is 0 Å². The quantitative estimate of drug-likeness (QED) is 0.655. The molecule has 0 saturated heterocycles. The van der Waals surface area contributed by atoms with Gasteiger partial charge in [0, 0.05) is 23.5 Å². The van der Waals surface area contributed by atoms with E-state index >= 15 is 0 Å². The Bertz CT molecular complexity index is 93.1. The molecule has 0 aromatic rings. The lowest BCUT2D eigenvalue weighted by Crippen LogP contribution is -2.04. The van der Waals surface area contributed by atoms with E-state index in [1.807, 2.05) is 6.92 Å². The Balaban J connectivity index is 3.27. The van der Waals surface area contributed by atoms with E-state index in [0.29, 0.717) is 12.8 Å². The Morgan fingerprint density at radius 1 is 1.78 bits per heavy atom. The summed E-state index contributed by atoms with van der Waals surface area (Å²) in [6, 6.07) is 0. The number of hydrogen-bond acceptors (Lipinski definition) is 1. The standard InChI is InChI=1S/C6H10BrClO/c1-5(8)4-6(9)2-3-7/h5H,2-4H2,1H3. The van der Waals surface area contributed by atoms with Gasteiger partial charge in [-0.15, -0.1) is 11.6 Å². The molecular weight excluding hydrogens is 203 g/mol. The van der Waals surface area contributed by atoms with Gasteiger partial charge in [-0.2, -0.15) is 0 Å². The van der Waals surface area contributed by atoms with E-state index < -0.39 is 0 Å². The van der Waals surface area contributed by atoms with Crippen LogP contribution in [0.15, 0.2) is 0 Å². The first kappa shape index (κ1) is 9.44. The number of rotatable bonds is 4. The van der Waals surface area contributed by atoms with Gasteiger partial charge in [-0.3, -0.25) is 4.79 Å². The van der Waals surface area contributed by atoms with Crippen LogP contribution in [0.25, 0.3) is 0 Å². The molecule has 0 bridgehead atoms. The minimum Gasteiger partial charge on any atom is -0.300 e. The van der Waals surface area contributed by atoms with Crippen molar-refractivity contribution in [2.75, 3.05) is 5.33 Å². The van der Waals surface area contributed by atoms with Crippen LogP contribution in [0.5, 0.6) is 0 Å². The van der Waals surface area contributed by atoms with Gasteiger partial charge >= 0.3 is 0 Å². The van der Waals surface area contributed by atoms with E-state index in [0.717, 1.165) is 5.33 Å². The summed E-state index contributed by atoms with van der Waals surface area (Å²) < 4.78 is 0. The normalized spacial score (nSPS) is 13.2. The van der Waals surface area contributed by atoms with E-state index in [2.05, 4.69) is 15.9 Å². The minimum absolute atomic E-state index is 0.0171. The van der Waals surface area contributed by atoms with Crippen LogP contribution >= 0.6 is 27.5 Å². The van der Waals surface area contributed by atoms with Gasteiger partial charge in [0.05, 0.1) is 0 Å². The third-order valence-electron chi connectivity index (χ3n) is 0.882. The molecular formula is C6H10BrClO. The highest BCUT2D eigenvalue weighted by Gasteiger charge is 2.03. The lowest BCUT2D eigenvalue weighted by atomic mass is 10.2. The number of alkyl halides is 2.